The number of nitrogens with zero attached hydrogens (tertiary/aromatic N) is 1. The first kappa shape index (κ1) is 22.3. The van der Waals surface area contributed by atoms with Crippen LogP contribution in [0.5, 0.6) is 0 Å². The molecule has 1 aliphatic heterocycles. The van der Waals surface area contributed by atoms with Gasteiger partial charge in [-0.3, -0.25) is 4.79 Å². The van der Waals surface area contributed by atoms with Crippen molar-refractivity contribution < 1.29 is 27.5 Å². The SMILES string of the molecule is CCCNC(=O)[C@@H](C)OC(=O)c1ccc(S(=O)(=O)N2C[C@@H](C)O[C@@H](C)C2)cc1. The first-order valence-electron chi connectivity index (χ1n) is 9.39. The monoisotopic (exact) mass is 412 g/mol. The zero-order valence-electron chi connectivity index (χ0n) is 16.7. The van der Waals surface area contributed by atoms with Crippen molar-refractivity contribution in [2.45, 2.75) is 57.3 Å². The maximum Gasteiger partial charge on any atom is 0.338 e. The summed E-state index contributed by atoms with van der Waals surface area (Å²) in [5.74, 6) is -1.05. The van der Waals surface area contributed by atoms with Crippen LogP contribution in [-0.2, 0) is 24.3 Å². The molecule has 9 heteroatoms. The highest BCUT2D eigenvalue weighted by molar-refractivity contribution is 7.89. The molecule has 0 aliphatic carbocycles. The number of rotatable bonds is 7. The fourth-order valence-corrected chi connectivity index (χ4v) is 4.50. The molecule has 8 nitrogen and oxygen atoms in total. The maximum absolute atomic E-state index is 12.8. The van der Waals surface area contributed by atoms with E-state index in [1.807, 2.05) is 20.8 Å². The average Bonchev–Trinajstić information content (AvgIpc) is 2.65. The molecule has 1 amide bonds. The molecule has 0 bridgehead atoms. The van der Waals surface area contributed by atoms with Gasteiger partial charge in [-0.05, 0) is 51.5 Å². The number of morpholine rings is 1. The number of hydrogen-bond donors (Lipinski definition) is 1. The summed E-state index contributed by atoms with van der Waals surface area (Å²) in [7, 11) is -3.68. The van der Waals surface area contributed by atoms with Gasteiger partial charge in [-0.15, -0.1) is 0 Å². The standard InChI is InChI=1S/C19H28N2O6S/c1-5-10-20-18(22)15(4)27-19(23)16-6-8-17(9-7-16)28(24,25)21-11-13(2)26-14(3)12-21/h6-9,13-15H,5,10-12H2,1-4H3,(H,20,22)/t13-,14+,15-/m1/s1. The highest BCUT2D eigenvalue weighted by Crippen LogP contribution is 2.21. The number of nitrogens with one attached hydrogen (secondary N) is 1. The fourth-order valence-electron chi connectivity index (χ4n) is 2.91. The smallest absolute Gasteiger partial charge is 0.338 e. The van der Waals surface area contributed by atoms with E-state index in [0.29, 0.717) is 6.54 Å². The molecule has 0 spiro atoms. The molecule has 1 aromatic carbocycles. The van der Waals surface area contributed by atoms with E-state index in [1.165, 1.54) is 35.5 Å². The first-order chi connectivity index (χ1) is 13.1. The van der Waals surface area contributed by atoms with E-state index in [9.17, 15) is 18.0 Å². The third kappa shape index (κ3) is 5.52. The van der Waals surface area contributed by atoms with Crippen molar-refractivity contribution in [3.05, 3.63) is 29.8 Å². The van der Waals surface area contributed by atoms with Crippen LogP contribution in [0.2, 0.25) is 0 Å². The molecule has 0 radical (unpaired) electrons. The fraction of sp³-hybridized carbons (Fsp3) is 0.579. The topological polar surface area (TPSA) is 102 Å². The van der Waals surface area contributed by atoms with Crippen LogP contribution in [0.1, 0.15) is 44.5 Å². The number of carbonyl (C=O) groups is 2. The summed E-state index contributed by atoms with van der Waals surface area (Å²) in [4.78, 5) is 24.1. The quantitative estimate of drug-likeness (QED) is 0.682. The Balaban J connectivity index is 2.06. The van der Waals surface area contributed by atoms with Crippen LogP contribution >= 0.6 is 0 Å². The van der Waals surface area contributed by atoms with Crippen molar-refractivity contribution in [3.63, 3.8) is 0 Å². The number of hydrogen-bond acceptors (Lipinski definition) is 6. The van der Waals surface area contributed by atoms with Gasteiger partial charge >= 0.3 is 5.97 Å². The Morgan fingerprint density at radius 2 is 1.79 bits per heavy atom. The van der Waals surface area contributed by atoms with Crippen LogP contribution in [0.3, 0.4) is 0 Å². The molecule has 1 saturated heterocycles. The number of sulfonamides is 1. The number of benzene rings is 1. The zero-order valence-corrected chi connectivity index (χ0v) is 17.5. The van der Waals surface area contributed by atoms with E-state index >= 15 is 0 Å². The minimum absolute atomic E-state index is 0.0964. The summed E-state index contributed by atoms with van der Waals surface area (Å²) < 4.78 is 37.8. The van der Waals surface area contributed by atoms with E-state index in [0.717, 1.165) is 6.42 Å². The van der Waals surface area contributed by atoms with Gasteiger partial charge in [0.05, 0.1) is 22.7 Å². The summed E-state index contributed by atoms with van der Waals surface area (Å²) in [6.07, 6.45) is -0.525. The Morgan fingerprint density at radius 1 is 1.21 bits per heavy atom. The van der Waals surface area contributed by atoms with Crippen molar-refractivity contribution in [2.75, 3.05) is 19.6 Å². The molecule has 3 atom stereocenters. The lowest BCUT2D eigenvalue weighted by Gasteiger charge is -2.34. The highest BCUT2D eigenvalue weighted by Gasteiger charge is 2.32. The Bertz CT molecular complexity index is 783. The summed E-state index contributed by atoms with van der Waals surface area (Å²) in [5, 5.41) is 2.65. The molecule has 2 rings (SSSR count). The Hall–Kier alpha value is -1.97. The summed E-state index contributed by atoms with van der Waals surface area (Å²) in [6.45, 7) is 8.13. The summed E-state index contributed by atoms with van der Waals surface area (Å²) >= 11 is 0. The number of amides is 1. The largest absolute Gasteiger partial charge is 0.449 e. The molecular formula is C19H28N2O6S. The van der Waals surface area contributed by atoms with E-state index in [-0.39, 0.29) is 41.7 Å². The van der Waals surface area contributed by atoms with E-state index < -0.39 is 22.1 Å². The van der Waals surface area contributed by atoms with E-state index in [1.54, 1.807) is 0 Å². The van der Waals surface area contributed by atoms with Gasteiger partial charge in [0.15, 0.2) is 6.10 Å². The highest BCUT2D eigenvalue weighted by atomic mass is 32.2. The van der Waals surface area contributed by atoms with Gasteiger partial charge < -0.3 is 14.8 Å². The van der Waals surface area contributed by atoms with Gasteiger partial charge in [-0.25, -0.2) is 13.2 Å². The molecule has 1 fully saturated rings. The van der Waals surface area contributed by atoms with Crippen LogP contribution in [0.25, 0.3) is 0 Å². The second-order valence-electron chi connectivity index (χ2n) is 6.94. The van der Waals surface area contributed by atoms with Crippen LogP contribution in [-0.4, -0.2) is 62.5 Å². The van der Waals surface area contributed by atoms with Crippen molar-refractivity contribution >= 4 is 21.9 Å². The molecular weight excluding hydrogens is 384 g/mol. The predicted molar refractivity (Wildman–Crippen MR) is 103 cm³/mol. The lowest BCUT2D eigenvalue weighted by Crippen LogP contribution is -2.48. The number of ether oxygens (including phenoxy) is 2. The van der Waals surface area contributed by atoms with Gasteiger partial charge in [0, 0.05) is 19.6 Å². The van der Waals surface area contributed by atoms with E-state index in [4.69, 9.17) is 9.47 Å². The molecule has 0 aromatic heterocycles. The van der Waals surface area contributed by atoms with Gasteiger partial charge in [0.2, 0.25) is 10.0 Å². The molecule has 1 heterocycles. The second-order valence-corrected chi connectivity index (χ2v) is 8.88. The van der Waals surface area contributed by atoms with Gasteiger partial charge in [-0.2, -0.15) is 4.31 Å². The zero-order chi connectivity index (χ0) is 20.9. The average molecular weight is 413 g/mol. The lowest BCUT2D eigenvalue weighted by atomic mass is 10.2. The van der Waals surface area contributed by atoms with Crippen LogP contribution in [0.15, 0.2) is 29.2 Å². The number of carbonyl (C=O) groups excluding carboxylic acids is 2. The van der Waals surface area contributed by atoms with Crippen molar-refractivity contribution in [1.82, 2.24) is 9.62 Å². The van der Waals surface area contributed by atoms with Crippen molar-refractivity contribution in [3.8, 4) is 0 Å². The Kier molecular flexibility index (Phi) is 7.56. The summed E-state index contributed by atoms with van der Waals surface area (Å²) in [5.41, 5.74) is 0.179. The van der Waals surface area contributed by atoms with Crippen molar-refractivity contribution in [1.29, 1.82) is 0 Å². The molecule has 156 valence electrons. The van der Waals surface area contributed by atoms with Crippen LogP contribution in [0, 0.1) is 0 Å². The lowest BCUT2D eigenvalue weighted by molar-refractivity contribution is -0.129. The van der Waals surface area contributed by atoms with Gasteiger partial charge in [0.25, 0.3) is 5.91 Å². The molecule has 1 aromatic rings. The minimum atomic E-state index is -3.68. The van der Waals surface area contributed by atoms with Gasteiger partial charge in [-0.1, -0.05) is 6.92 Å². The molecule has 1 N–H and O–H groups in total. The molecule has 28 heavy (non-hydrogen) atoms. The first-order valence-corrected chi connectivity index (χ1v) is 10.8. The predicted octanol–water partition coefficient (Wildman–Crippen LogP) is 1.56. The van der Waals surface area contributed by atoms with E-state index in [2.05, 4.69) is 5.32 Å². The minimum Gasteiger partial charge on any atom is -0.449 e. The van der Waals surface area contributed by atoms with Crippen LogP contribution < -0.4 is 5.32 Å². The molecule has 1 aliphatic rings. The van der Waals surface area contributed by atoms with Crippen LogP contribution in [0.4, 0.5) is 0 Å². The Morgan fingerprint density at radius 3 is 2.32 bits per heavy atom. The Labute approximate surface area is 166 Å². The molecule has 0 saturated carbocycles. The maximum atomic E-state index is 12.8. The summed E-state index contributed by atoms with van der Waals surface area (Å²) in [6, 6.07) is 5.52. The molecule has 0 unspecified atom stereocenters. The third-order valence-corrected chi connectivity index (χ3v) is 6.16. The number of esters is 1. The van der Waals surface area contributed by atoms with Crippen molar-refractivity contribution in [2.24, 2.45) is 0 Å². The normalized spacial score (nSPS) is 21.7. The second kappa shape index (κ2) is 9.49. The van der Waals surface area contributed by atoms with Gasteiger partial charge in [0.1, 0.15) is 0 Å². The third-order valence-electron chi connectivity index (χ3n) is 4.32.